The Morgan fingerprint density at radius 2 is 2.41 bits per heavy atom. The van der Waals surface area contributed by atoms with Crippen molar-refractivity contribution in [1.29, 1.82) is 0 Å². The Morgan fingerprint density at radius 1 is 1.65 bits per heavy atom. The topological polar surface area (TPSA) is 46.2 Å². The SMILES string of the molecule is CCC1CCC(CN)(C(O)c2cscc2Br)C1. The highest BCUT2D eigenvalue weighted by Crippen LogP contribution is 2.51. The monoisotopic (exact) mass is 317 g/mol. The van der Waals surface area contributed by atoms with E-state index in [2.05, 4.69) is 22.9 Å². The lowest BCUT2D eigenvalue weighted by Gasteiger charge is -2.33. The quantitative estimate of drug-likeness (QED) is 0.889. The van der Waals surface area contributed by atoms with E-state index < -0.39 is 6.10 Å². The van der Waals surface area contributed by atoms with Crippen molar-refractivity contribution in [3.63, 3.8) is 0 Å². The first-order valence-corrected chi connectivity index (χ1v) is 7.96. The minimum absolute atomic E-state index is 0.107. The molecule has 2 nitrogen and oxygen atoms in total. The molecule has 0 bridgehead atoms. The molecular formula is C13H20BrNOS. The highest BCUT2D eigenvalue weighted by Gasteiger charge is 2.44. The molecule has 2 rings (SSSR count). The van der Waals surface area contributed by atoms with Gasteiger partial charge in [0.05, 0.1) is 6.10 Å². The van der Waals surface area contributed by atoms with Gasteiger partial charge in [0.25, 0.3) is 0 Å². The van der Waals surface area contributed by atoms with E-state index in [1.54, 1.807) is 11.3 Å². The van der Waals surface area contributed by atoms with Crippen LogP contribution in [0, 0.1) is 11.3 Å². The van der Waals surface area contributed by atoms with Crippen molar-refractivity contribution in [3.8, 4) is 0 Å². The molecule has 0 amide bonds. The van der Waals surface area contributed by atoms with Crippen molar-refractivity contribution in [2.45, 2.75) is 38.7 Å². The van der Waals surface area contributed by atoms with Gasteiger partial charge < -0.3 is 10.8 Å². The Balaban J connectivity index is 2.22. The molecule has 0 saturated heterocycles. The van der Waals surface area contributed by atoms with Crippen molar-refractivity contribution in [2.24, 2.45) is 17.1 Å². The number of nitrogens with two attached hydrogens (primary N) is 1. The molecule has 0 aromatic carbocycles. The van der Waals surface area contributed by atoms with Crippen LogP contribution in [0.5, 0.6) is 0 Å². The molecule has 1 aliphatic rings. The molecule has 0 spiro atoms. The summed E-state index contributed by atoms with van der Waals surface area (Å²) in [6.07, 6.45) is 4.07. The third-order valence-electron chi connectivity index (χ3n) is 4.25. The molecule has 4 heteroatoms. The van der Waals surface area contributed by atoms with Crippen molar-refractivity contribution in [2.75, 3.05) is 6.54 Å². The van der Waals surface area contributed by atoms with E-state index in [0.29, 0.717) is 6.54 Å². The molecule has 1 aliphatic carbocycles. The zero-order valence-electron chi connectivity index (χ0n) is 10.2. The maximum absolute atomic E-state index is 10.7. The summed E-state index contributed by atoms with van der Waals surface area (Å²) in [6.45, 7) is 2.80. The van der Waals surface area contributed by atoms with Crippen LogP contribution in [0.2, 0.25) is 0 Å². The third-order valence-corrected chi connectivity index (χ3v) is 6.00. The van der Waals surface area contributed by atoms with Gasteiger partial charge in [-0.15, -0.1) is 0 Å². The van der Waals surface area contributed by atoms with Crippen LogP contribution in [0.15, 0.2) is 15.2 Å². The van der Waals surface area contributed by atoms with Crippen molar-refractivity contribution >= 4 is 27.3 Å². The lowest BCUT2D eigenvalue weighted by Crippen LogP contribution is -2.34. The van der Waals surface area contributed by atoms with Crippen LogP contribution in [0.3, 0.4) is 0 Å². The highest BCUT2D eigenvalue weighted by atomic mass is 79.9. The first kappa shape index (κ1) is 13.5. The Hall–Kier alpha value is 0.100. The van der Waals surface area contributed by atoms with Gasteiger partial charge in [-0.25, -0.2) is 0 Å². The zero-order valence-corrected chi connectivity index (χ0v) is 12.6. The van der Waals surface area contributed by atoms with Crippen LogP contribution in [0.25, 0.3) is 0 Å². The fourth-order valence-electron chi connectivity index (χ4n) is 2.98. The largest absolute Gasteiger partial charge is 0.388 e. The molecular weight excluding hydrogens is 298 g/mol. The Kier molecular flexibility index (Phi) is 4.29. The van der Waals surface area contributed by atoms with E-state index in [-0.39, 0.29) is 5.41 Å². The fourth-order valence-corrected chi connectivity index (χ4v) is 4.51. The molecule has 3 N–H and O–H groups in total. The smallest absolute Gasteiger partial charge is 0.0877 e. The van der Waals surface area contributed by atoms with E-state index in [0.717, 1.165) is 28.8 Å². The first-order chi connectivity index (χ1) is 8.13. The second-order valence-electron chi connectivity index (χ2n) is 5.16. The van der Waals surface area contributed by atoms with Crippen LogP contribution in [0.4, 0.5) is 0 Å². The molecule has 0 radical (unpaired) electrons. The summed E-state index contributed by atoms with van der Waals surface area (Å²) >= 11 is 5.13. The lowest BCUT2D eigenvalue weighted by atomic mass is 9.77. The molecule has 3 atom stereocenters. The Bertz CT molecular complexity index is 381. The number of rotatable bonds is 4. The maximum Gasteiger partial charge on any atom is 0.0877 e. The lowest BCUT2D eigenvalue weighted by molar-refractivity contribution is 0.0299. The molecule has 1 aromatic heterocycles. The van der Waals surface area contributed by atoms with E-state index in [1.807, 2.05) is 10.8 Å². The summed E-state index contributed by atoms with van der Waals surface area (Å²) in [6, 6.07) is 0. The summed E-state index contributed by atoms with van der Waals surface area (Å²) in [5.41, 5.74) is 6.88. The van der Waals surface area contributed by atoms with E-state index in [1.165, 1.54) is 12.8 Å². The number of thiophene rings is 1. The van der Waals surface area contributed by atoms with Crippen molar-refractivity contribution in [1.82, 2.24) is 0 Å². The average molecular weight is 318 g/mol. The molecule has 0 aliphatic heterocycles. The number of halogens is 1. The standard InChI is InChI=1S/C13H20BrNOS/c1-2-9-3-4-13(5-9,8-15)12(16)10-6-17-7-11(10)14/h6-7,9,12,16H,2-5,8,15H2,1H3. The predicted octanol–water partition coefficient (Wildman–Crippen LogP) is 3.70. The van der Waals surface area contributed by atoms with Gasteiger partial charge >= 0.3 is 0 Å². The number of hydrogen-bond acceptors (Lipinski definition) is 3. The van der Waals surface area contributed by atoms with Crippen LogP contribution in [-0.4, -0.2) is 11.7 Å². The Morgan fingerprint density at radius 3 is 2.88 bits per heavy atom. The second kappa shape index (κ2) is 5.39. The molecule has 1 aromatic rings. The van der Waals surface area contributed by atoms with Gasteiger partial charge in [-0.2, -0.15) is 11.3 Å². The van der Waals surface area contributed by atoms with Gasteiger partial charge in [0.1, 0.15) is 0 Å². The Labute approximate surface area is 115 Å². The predicted molar refractivity (Wildman–Crippen MR) is 76.1 cm³/mol. The van der Waals surface area contributed by atoms with Gasteiger partial charge in [-0.1, -0.05) is 13.3 Å². The second-order valence-corrected chi connectivity index (χ2v) is 6.76. The summed E-state index contributed by atoms with van der Waals surface area (Å²) in [5, 5.41) is 14.7. The maximum atomic E-state index is 10.7. The van der Waals surface area contributed by atoms with Crippen LogP contribution < -0.4 is 5.73 Å². The fraction of sp³-hybridized carbons (Fsp3) is 0.692. The highest BCUT2D eigenvalue weighted by molar-refractivity contribution is 9.10. The number of hydrogen-bond donors (Lipinski definition) is 2. The first-order valence-electron chi connectivity index (χ1n) is 6.22. The zero-order chi connectivity index (χ0) is 12.5. The minimum Gasteiger partial charge on any atom is -0.388 e. The average Bonchev–Trinajstić information content (AvgIpc) is 2.95. The van der Waals surface area contributed by atoms with Gasteiger partial charge in [0.2, 0.25) is 0 Å². The molecule has 1 saturated carbocycles. The van der Waals surface area contributed by atoms with E-state index in [4.69, 9.17) is 5.73 Å². The van der Waals surface area contributed by atoms with E-state index in [9.17, 15) is 5.11 Å². The van der Waals surface area contributed by atoms with Crippen LogP contribution in [0.1, 0.15) is 44.3 Å². The molecule has 1 heterocycles. The van der Waals surface area contributed by atoms with Crippen molar-refractivity contribution < 1.29 is 5.11 Å². The number of aliphatic hydroxyl groups is 1. The van der Waals surface area contributed by atoms with Gasteiger partial charge in [0.15, 0.2) is 0 Å². The minimum atomic E-state index is -0.426. The van der Waals surface area contributed by atoms with Gasteiger partial charge in [-0.3, -0.25) is 0 Å². The summed E-state index contributed by atoms with van der Waals surface area (Å²) in [7, 11) is 0. The summed E-state index contributed by atoms with van der Waals surface area (Å²) < 4.78 is 1.02. The van der Waals surface area contributed by atoms with Gasteiger partial charge in [0, 0.05) is 27.4 Å². The molecule has 17 heavy (non-hydrogen) atoms. The number of aliphatic hydroxyl groups excluding tert-OH is 1. The summed E-state index contributed by atoms with van der Waals surface area (Å²) in [5.74, 6) is 0.727. The third kappa shape index (κ3) is 2.46. The molecule has 3 unspecified atom stereocenters. The normalized spacial score (nSPS) is 30.7. The van der Waals surface area contributed by atoms with E-state index >= 15 is 0 Å². The van der Waals surface area contributed by atoms with Gasteiger partial charge in [-0.05, 0) is 46.5 Å². The molecule has 96 valence electrons. The van der Waals surface area contributed by atoms with Crippen LogP contribution >= 0.6 is 27.3 Å². The molecule has 1 fully saturated rings. The summed E-state index contributed by atoms with van der Waals surface area (Å²) in [4.78, 5) is 0. The van der Waals surface area contributed by atoms with Crippen LogP contribution in [-0.2, 0) is 0 Å². The van der Waals surface area contributed by atoms with Crippen molar-refractivity contribution in [3.05, 3.63) is 20.8 Å².